The smallest absolute Gasteiger partial charge is 0.246 e. The van der Waals surface area contributed by atoms with Gasteiger partial charge in [-0.05, 0) is 36.2 Å². The maximum atomic E-state index is 13.0. The van der Waals surface area contributed by atoms with Gasteiger partial charge >= 0.3 is 0 Å². The van der Waals surface area contributed by atoms with E-state index < -0.39 is 11.8 Å². The molecule has 2 aromatic rings. The van der Waals surface area contributed by atoms with Gasteiger partial charge in [0.1, 0.15) is 11.5 Å². The van der Waals surface area contributed by atoms with E-state index in [1.807, 2.05) is 54.6 Å². The molecule has 2 aromatic carbocycles. The zero-order valence-electron chi connectivity index (χ0n) is 13.5. The first kappa shape index (κ1) is 17.4. The molecule has 0 radical (unpaired) electrons. The first-order chi connectivity index (χ1) is 11.0. The second kappa shape index (κ2) is 8.06. The molecule has 0 saturated carbocycles. The lowest BCUT2D eigenvalue weighted by atomic mass is 9.89. The van der Waals surface area contributed by atoms with Crippen molar-refractivity contribution in [2.75, 3.05) is 6.61 Å². The van der Waals surface area contributed by atoms with Crippen LogP contribution in [0.2, 0.25) is 0 Å². The molecule has 0 amide bonds. The van der Waals surface area contributed by atoms with Gasteiger partial charge in [-0.3, -0.25) is 0 Å². The predicted molar refractivity (Wildman–Crippen MR) is 87.0 cm³/mol. The molecule has 0 heterocycles. The highest BCUT2D eigenvalue weighted by Gasteiger charge is 2.33. The summed E-state index contributed by atoms with van der Waals surface area (Å²) < 4.78 is 37.3. The molecule has 0 saturated heterocycles. The molecule has 0 fully saturated rings. The Morgan fingerprint density at radius 3 is 2.35 bits per heavy atom. The van der Waals surface area contributed by atoms with E-state index in [1.165, 1.54) is 0 Å². The highest BCUT2D eigenvalue weighted by molar-refractivity contribution is 5.33. The molecule has 2 rings (SSSR count). The Hall–Kier alpha value is -1.94. The van der Waals surface area contributed by atoms with E-state index in [2.05, 4.69) is 0 Å². The highest BCUT2D eigenvalue weighted by Crippen LogP contribution is 2.30. The van der Waals surface area contributed by atoms with E-state index in [4.69, 9.17) is 9.47 Å². The van der Waals surface area contributed by atoms with Crippen LogP contribution in [0.15, 0.2) is 54.6 Å². The van der Waals surface area contributed by atoms with Crippen molar-refractivity contribution in [1.82, 2.24) is 0 Å². The van der Waals surface area contributed by atoms with E-state index in [0.29, 0.717) is 12.2 Å². The number of rotatable bonds is 8. The van der Waals surface area contributed by atoms with Crippen LogP contribution in [0.25, 0.3) is 0 Å². The fourth-order valence-electron chi connectivity index (χ4n) is 2.04. The highest BCUT2D eigenvalue weighted by atomic mass is 19.3. The third-order valence-corrected chi connectivity index (χ3v) is 3.91. The number of ether oxygens (including phenoxy) is 2. The minimum absolute atomic E-state index is 0.0327. The molecule has 1 unspecified atom stereocenters. The Balaban J connectivity index is 1.93. The fourth-order valence-corrected chi connectivity index (χ4v) is 2.04. The van der Waals surface area contributed by atoms with Crippen LogP contribution in [-0.4, -0.2) is 13.0 Å². The second-order valence-corrected chi connectivity index (χ2v) is 5.86. The van der Waals surface area contributed by atoms with Crippen molar-refractivity contribution >= 4 is 0 Å². The Bertz CT molecular complexity index is 601. The Morgan fingerprint density at radius 2 is 1.70 bits per heavy atom. The van der Waals surface area contributed by atoms with Gasteiger partial charge in [-0.15, -0.1) is 0 Å². The normalized spacial score (nSPS) is 13.8. The largest absolute Gasteiger partial charge is 0.457 e. The summed E-state index contributed by atoms with van der Waals surface area (Å²) >= 11 is 0. The van der Waals surface area contributed by atoms with Gasteiger partial charge < -0.3 is 9.47 Å². The average molecular weight is 320 g/mol. The summed E-state index contributed by atoms with van der Waals surface area (Å²) in [5, 5.41) is 0. The molecular weight excluding hydrogens is 298 g/mol. The van der Waals surface area contributed by atoms with Crippen LogP contribution in [0.3, 0.4) is 0 Å². The molecule has 4 heteroatoms. The maximum Gasteiger partial charge on any atom is 0.246 e. The molecule has 1 atom stereocenters. The summed E-state index contributed by atoms with van der Waals surface area (Å²) in [6, 6.07) is 16.9. The van der Waals surface area contributed by atoms with Crippen LogP contribution in [0.4, 0.5) is 8.78 Å². The fraction of sp³-hybridized carbons (Fsp3) is 0.368. The van der Waals surface area contributed by atoms with Crippen LogP contribution in [0, 0.1) is 5.41 Å². The van der Waals surface area contributed by atoms with Gasteiger partial charge in [-0.25, -0.2) is 8.78 Å². The Morgan fingerprint density at radius 1 is 1.00 bits per heavy atom. The number of benzene rings is 2. The van der Waals surface area contributed by atoms with Gasteiger partial charge in [0.25, 0.3) is 0 Å². The SMILES string of the molecule is CCC(C)(COCc1cccc(Oc2ccccc2)c1)C(F)F. The van der Waals surface area contributed by atoms with Crippen molar-refractivity contribution in [1.29, 1.82) is 0 Å². The number of hydrogen-bond donors (Lipinski definition) is 0. The Kier molecular flexibility index (Phi) is 6.11. The van der Waals surface area contributed by atoms with Gasteiger partial charge in [0, 0.05) is 0 Å². The summed E-state index contributed by atoms with van der Waals surface area (Å²) in [4.78, 5) is 0. The molecule has 0 aliphatic rings. The van der Waals surface area contributed by atoms with Crippen molar-refractivity contribution in [2.24, 2.45) is 5.41 Å². The van der Waals surface area contributed by atoms with Crippen LogP contribution in [0.5, 0.6) is 11.5 Å². The van der Waals surface area contributed by atoms with Gasteiger partial charge in [0.05, 0.1) is 18.6 Å². The lowest BCUT2D eigenvalue weighted by Crippen LogP contribution is -2.30. The first-order valence-electron chi connectivity index (χ1n) is 7.71. The molecule has 0 bridgehead atoms. The number of alkyl halides is 2. The van der Waals surface area contributed by atoms with Crippen molar-refractivity contribution in [2.45, 2.75) is 33.3 Å². The monoisotopic (exact) mass is 320 g/mol. The topological polar surface area (TPSA) is 18.5 Å². The summed E-state index contributed by atoms with van der Waals surface area (Å²) in [6.45, 7) is 3.62. The van der Waals surface area contributed by atoms with E-state index >= 15 is 0 Å². The molecule has 0 aromatic heterocycles. The van der Waals surface area contributed by atoms with Crippen LogP contribution >= 0.6 is 0 Å². The van der Waals surface area contributed by atoms with Gasteiger partial charge in [0.15, 0.2) is 0 Å². The van der Waals surface area contributed by atoms with Crippen LogP contribution in [-0.2, 0) is 11.3 Å². The lowest BCUT2D eigenvalue weighted by molar-refractivity contribution is -0.0608. The summed E-state index contributed by atoms with van der Waals surface area (Å²) in [5.74, 6) is 1.45. The zero-order chi connectivity index (χ0) is 16.7. The van der Waals surface area contributed by atoms with Crippen LogP contribution < -0.4 is 4.74 Å². The maximum absolute atomic E-state index is 13.0. The lowest BCUT2D eigenvalue weighted by Gasteiger charge is -2.26. The number of para-hydroxylation sites is 1. The van der Waals surface area contributed by atoms with Gasteiger partial charge in [-0.1, -0.05) is 44.2 Å². The van der Waals surface area contributed by atoms with E-state index in [9.17, 15) is 8.78 Å². The summed E-state index contributed by atoms with van der Waals surface area (Å²) in [6.07, 6.45) is -2.01. The van der Waals surface area contributed by atoms with E-state index in [1.54, 1.807) is 13.8 Å². The summed E-state index contributed by atoms with van der Waals surface area (Å²) in [7, 11) is 0. The van der Waals surface area contributed by atoms with Crippen LogP contribution in [0.1, 0.15) is 25.8 Å². The standard InChI is InChI=1S/C19H22F2O2/c1-3-19(2,18(20)21)14-22-13-15-8-7-11-17(12-15)23-16-9-5-4-6-10-16/h4-12,18H,3,13-14H2,1-2H3. The van der Waals surface area contributed by atoms with Crippen molar-refractivity contribution in [3.63, 3.8) is 0 Å². The number of hydrogen-bond acceptors (Lipinski definition) is 2. The average Bonchev–Trinajstić information content (AvgIpc) is 2.56. The zero-order valence-corrected chi connectivity index (χ0v) is 13.5. The molecule has 2 nitrogen and oxygen atoms in total. The van der Waals surface area contributed by atoms with Crippen molar-refractivity contribution in [3.8, 4) is 11.5 Å². The van der Waals surface area contributed by atoms with Gasteiger partial charge in [0.2, 0.25) is 6.43 Å². The first-order valence-corrected chi connectivity index (χ1v) is 7.71. The van der Waals surface area contributed by atoms with Crippen molar-refractivity contribution < 1.29 is 18.3 Å². The summed E-state index contributed by atoms with van der Waals surface area (Å²) in [5.41, 5.74) is -0.204. The minimum atomic E-state index is -2.39. The predicted octanol–water partition coefficient (Wildman–Crippen LogP) is 5.68. The quantitative estimate of drug-likeness (QED) is 0.623. The van der Waals surface area contributed by atoms with E-state index in [-0.39, 0.29) is 13.2 Å². The third kappa shape index (κ3) is 5.03. The number of halogens is 2. The molecule has 23 heavy (non-hydrogen) atoms. The second-order valence-electron chi connectivity index (χ2n) is 5.86. The molecule has 0 N–H and O–H groups in total. The molecule has 0 aliphatic carbocycles. The van der Waals surface area contributed by atoms with E-state index in [0.717, 1.165) is 11.3 Å². The molecule has 0 spiro atoms. The van der Waals surface area contributed by atoms with Crippen molar-refractivity contribution in [3.05, 3.63) is 60.2 Å². The van der Waals surface area contributed by atoms with Gasteiger partial charge in [-0.2, -0.15) is 0 Å². The molecule has 0 aliphatic heterocycles. The minimum Gasteiger partial charge on any atom is -0.457 e. The Labute approximate surface area is 136 Å². The third-order valence-electron chi connectivity index (χ3n) is 3.91. The molecule has 124 valence electrons. The molecular formula is C19H22F2O2.